The van der Waals surface area contributed by atoms with Crippen molar-refractivity contribution in [2.45, 2.75) is 13.0 Å². The number of aromatic nitrogens is 4. The summed E-state index contributed by atoms with van der Waals surface area (Å²) in [6.07, 6.45) is 7.59. The molecule has 0 spiro atoms. The predicted octanol–water partition coefficient (Wildman–Crippen LogP) is 3.91. The van der Waals surface area contributed by atoms with E-state index in [1.54, 1.807) is 49.1 Å². The maximum absolute atomic E-state index is 12.5. The molecule has 0 aliphatic heterocycles. The number of benzene rings is 1. The second kappa shape index (κ2) is 9.40. The van der Waals surface area contributed by atoms with Crippen LogP contribution in [0.5, 0.6) is 11.5 Å². The number of hydrogen-bond donors (Lipinski definition) is 1. The lowest BCUT2D eigenvalue weighted by molar-refractivity contribution is 0.102. The zero-order valence-corrected chi connectivity index (χ0v) is 17.9. The number of carbonyl (C=O) groups is 1. The number of rotatable bonds is 8. The highest BCUT2D eigenvalue weighted by molar-refractivity contribution is 7.13. The van der Waals surface area contributed by atoms with Crippen LogP contribution < -0.4 is 14.8 Å². The summed E-state index contributed by atoms with van der Waals surface area (Å²) >= 11 is 1.42. The van der Waals surface area contributed by atoms with Crippen molar-refractivity contribution in [3.63, 3.8) is 0 Å². The summed E-state index contributed by atoms with van der Waals surface area (Å²) in [5, 5.41) is 9.69. The molecule has 1 N–H and O–H groups in total. The summed E-state index contributed by atoms with van der Waals surface area (Å²) in [5.41, 5.74) is 3.03. The van der Waals surface area contributed by atoms with Crippen LogP contribution in [0.4, 0.5) is 5.69 Å². The van der Waals surface area contributed by atoms with Gasteiger partial charge in [0, 0.05) is 36.1 Å². The summed E-state index contributed by atoms with van der Waals surface area (Å²) in [6, 6.07) is 9.56. The van der Waals surface area contributed by atoms with E-state index in [0.717, 1.165) is 22.6 Å². The Balaban J connectivity index is 1.36. The smallest absolute Gasteiger partial charge is 0.275 e. The number of anilines is 1. The third kappa shape index (κ3) is 4.89. The first kappa shape index (κ1) is 20.5. The second-order valence-electron chi connectivity index (χ2n) is 6.66. The summed E-state index contributed by atoms with van der Waals surface area (Å²) < 4.78 is 12.4. The van der Waals surface area contributed by atoms with Crippen molar-refractivity contribution in [3.8, 4) is 22.1 Å². The lowest BCUT2D eigenvalue weighted by Crippen LogP contribution is -2.11. The molecule has 0 bridgehead atoms. The number of ether oxygens (including phenoxy) is 2. The molecule has 0 radical (unpaired) electrons. The van der Waals surface area contributed by atoms with Gasteiger partial charge in [-0.3, -0.25) is 14.5 Å². The van der Waals surface area contributed by atoms with Crippen molar-refractivity contribution in [1.29, 1.82) is 0 Å². The molecule has 158 valence electrons. The van der Waals surface area contributed by atoms with Crippen molar-refractivity contribution >= 4 is 22.9 Å². The maximum atomic E-state index is 12.5. The summed E-state index contributed by atoms with van der Waals surface area (Å²) in [7, 11) is 3.23. The van der Waals surface area contributed by atoms with Gasteiger partial charge in [-0.15, -0.1) is 11.3 Å². The van der Waals surface area contributed by atoms with Crippen molar-refractivity contribution < 1.29 is 14.3 Å². The number of methoxy groups -OCH3 is 2. The molecule has 0 unspecified atom stereocenters. The van der Waals surface area contributed by atoms with Crippen LogP contribution in [0.3, 0.4) is 0 Å². The molecule has 31 heavy (non-hydrogen) atoms. The normalized spacial score (nSPS) is 10.6. The molecule has 0 atom stereocenters. The van der Waals surface area contributed by atoms with Crippen molar-refractivity contribution in [1.82, 2.24) is 19.7 Å². The average molecular weight is 436 g/mol. The monoisotopic (exact) mass is 435 g/mol. The Hall–Kier alpha value is -3.72. The standard InChI is InChI=1S/C22H21N5O3S/c1-29-19-4-3-15(11-20(19)30-2)7-10-27-13-17(12-24-27)25-21(28)18-14-31-22(26-18)16-5-8-23-9-6-16/h3-6,8-9,11-14H,7,10H2,1-2H3,(H,25,28). The molecule has 1 amide bonds. The van der Waals surface area contributed by atoms with Crippen molar-refractivity contribution in [3.05, 3.63) is 71.8 Å². The first-order valence-electron chi connectivity index (χ1n) is 9.57. The van der Waals surface area contributed by atoms with E-state index in [1.807, 2.05) is 30.3 Å². The largest absolute Gasteiger partial charge is 0.493 e. The van der Waals surface area contributed by atoms with Crippen LogP contribution in [-0.4, -0.2) is 39.9 Å². The van der Waals surface area contributed by atoms with E-state index in [4.69, 9.17) is 9.47 Å². The number of carbonyl (C=O) groups excluding carboxylic acids is 1. The molecule has 0 saturated carbocycles. The number of nitrogens with one attached hydrogen (secondary N) is 1. The molecule has 4 aromatic rings. The Kier molecular flexibility index (Phi) is 6.23. The van der Waals surface area contributed by atoms with Gasteiger partial charge in [0.05, 0.1) is 26.1 Å². The SMILES string of the molecule is COc1ccc(CCn2cc(NC(=O)c3csc(-c4ccncc4)n3)cn2)cc1OC. The molecule has 9 heteroatoms. The Morgan fingerprint density at radius 2 is 1.94 bits per heavy atom. The van der Waals surface area contributed by atoms with Crippen LogP contribution in [0, 0.1) is 0 Å². The van der Waals surface area contributed by atoms with Gasteiger partial charge in [0.1, 0.15) is 10.7 Å². The van der Waals surface area contributed by atoms with Gasteiger partial charge in [0.15, 0.2) is 11.5 Å². The van der Waals surface area contributed by atoms with Gasteiger partial charge >= 0.3 is 0 Å². The number of thiazole rings is 1. The van der Waals surface area contributed by atoms with E-state index in [-0.39, 0.29) is 5.91 Å². The van der Waals surface area contributed by atoms with E-state index < -0.39 is 0 Å². The highest BCUT2D eigenvalue weighted by atomic mass is 32.1. The van der Waals surface area contributed by atoms with Crippen LogP contribution in [-0.2, 0) is 13.0 Å². The lowest BCUT2D eigenvalue weighted by Gasteiger charge is -2.09. The summed E-state index contributed by atoms with van der Waals surface area (Å²) in [5.74, 6) is 1.13. The number of nitrogens with zero attached hydrogens (tertiary/aromatic N) is 4. The fourth-order valence-corrected chi connectivity index (χ4v) is 3.84. The minimum Gasteiger partial charge on any atom is -0.493 e. The molecular weight excluding hydrogens is 414 g/mol. The number of amides is 1. The van der Waals surface area contributed by atoms with Crippen LogP contribution in [0.15, 0.2) is 60.5 Å². The molecule has 0 fully saturated rings. The zero-order valence-electron chi connectivity index (χ0n) is 17.1. The summed E-state index contributed by atoms with van der Waals surface area (Å²) in [6.45, 7) is 0.661. The Morgan fingerprint density at radius 1 is 1.13 bits per heavy atom. The van der Waals surface area contributed by atoms with Crippen LogP contribution >= 0.6 is 11.3 Å². The van der Waals surface area contributed by atoms with Crippen LogP contribution in [0.1, 0.15) is 16.1 Å². The van der Waals surface area contributed by atoms with Gasteiger partial charge in [0.25, 0.3) is 5.91 Å². The Labute approximate surface area is 183 Å². The Bertz CT molecular complexity index is 1170. The second-order valence-corrected chi connectivity index (χ2v) is 7.52. The van der Waals surface area contributed by atoms with Gasteiger partial charge in [-0.1, -0.05) is 6.07 Å². The molecule has 0 saturated heterocycles. The zero-order chi connectivity index (χ0) is 21.6. The van der Waals surface area contributed by atoms with Gasteiger partial charge in [-0.25, -0.2) is 4.98 Å². The van der Waals surface area contributed by atoms with Gasteiger partial charge < -0.3 is 14.8 Å². The minimum atomic E-state index is -0.268. The van der Waals surface area contributed by atoms with Crippen molar-refractivity contribution in [2.24, 2.45) is 0 Å². The third-order valence-corrected chi connectivity index (χ3v) is 5.52. The topological polar surface area (TPSA) is 91.2 Å². The molecule has 3 heterocycles. The van der Waals surface area contributed by atoms with E-state index in [1.165, 1.54) is 11.3 Å². The Morgan fingerprint density at radius 3 is 2.71 bits per heavy atom. The quantitative estimate of drug-likeness (QED) is 0.451. The molecule has 1 aromatic carbocycles. The third-order valence-electron chi connectivity index (χ3n) is 4.63. The fraction of sp³-hybridized carbons (Fsp3) is 0.182. The fourth-order valence-electron chi connectivity index (χ4n) is 3.03. The average Bonchev–Trinajstić information content (AvgIpc) is 3.48. The molecule has 4 rings (SSSR count). The van der Waals surface area contributed by atoms with E-state index in [9.17, 15) is 4.79 Å². The van der Waals surface area contributed by atoms with Crippen LogP contribution in [0.25, 0.3) is 10.6 Å². The number of pyridine rings is 1. The first-order valence-corrected chi connectivity index (χ1v) is 10.4. The van der Waals surface area contributed by atoms with Gasteiger partial charge in [0.2, 0.25) is 0 Å². The van der Waals surface area contributed by atoms with Gasteiger partial charge in [-0.05, 0) is 36.2 Å². The molecule has 3 aromatic heterocycles. The molecule has 0 aliphatic rings. The van der Waals surface area contributed by atoms with E-state index in [2.05, 4.69) is 20.4 Å². The van der Waals surface area contributed by atoms with Gasteiger partial charge in [-0.2, -0.15) is 5.10 Å². The van der Waals surface area contributed by atoms with Crippen molar-refractivity contribution in [2.75, 3.05) is 19.5 Å². The van der Waals surface area contributed by atoms with Crippen LogP contribution in [0.2, 0.25) is 0 Å². The predicted molar refractivity (Wildman–Crippen MR) is 119 cm³/mol. The number of aryl methyl sites for hydroxylation is 2. The van der Waals surface area contributed by atoms with E-state index >= 15 is 0 Å². The molecule has 0 aliphatic carbocycles. The molecule has 8 nitrogen and oxygen atoms in total. The number of hydrogen-bond acceptors (Lipinski definition) is 7. The maximum Gasteiger partial charge on any atom is 0.275 e. The summed E-state index contributed by atoms with van der Waals surface area (Å²) in [4.78, 5) is 21.0. The minimum absolute atomic E-state index is 0.268. The molecular formula is C22H21N5O3S. The first-order chi connectivity index (χ1) is 15.2. The lowest BCUT2D eigenvalue weighted by atomic mass is 10.1. The highest BCUT2D eigenvalue weighted by Crippen LogP contribution is 2.28. The van der Waals surface area contributed by atoms with E-state index in [0.29, 0.717) is 29.4 Å². The highest BCUT2D eigenvalue weighted by Gasteiger charge is 2.13.